The van der Waals surface area contributed by atoms with Gasteiger partial charge in [-0.25, -0.2) is 0 Å². The molecule has 17 heavy (non-hydrogen) atoms. The zero-order valence-electron chi connectivity index (χ0n) is 9.41. The molecule has 6 heteroatoms. The van der Waals surface area contributed by atoms with E-state index in [2.05, 4.69) is 0 Å². The van der Waals surface area contributed by atoms with Gasteiger partial charge < -0.3 is 9.84 Å². The summed E-state index contributed by atoms with van der Waals surface area (Å²) in [6.07, 6.45) is -5.28. The van der Waals surface area contributed by atoms with Crippen molar-refractivity contribution in [1.82, 2.24) is 0 Å². The van der Waals surface area contributed by atoms with E-state index < -0.39 is 30.1 Å². The van der Waals surface area contributed by atoms with Crippen molar-refractivity contribution >= 4 is 5.97 Å². The van der Waals surface area contributed by atoms with Crippen molar-refractivity contribution in [2.24, 2.45) is 23.7 Å². The Kier molecular flexibility index (Phi) is 3.10. The third-order valence-electron chi connectivity index (χ3n) is 3.96. The molecule has 2 fully saturated rings. The maximum atomic E-state index is 12.7. The number of rotatable bonds is 1. The van der Waals surface area contributed by atoms with Crippen LogP contribution in [-0.2, 0) is 9.53 Å². The van der Waals surface area contributed by atoms with Crippen LogP contribution in [0.25, 0.3) is 0 Å². The maximum absolute atomic E-state index is 12.7. The molecule has 0 amide bonds. The van der Waals surface area contributed by atoms with Gasteiger partial charge in [-0.1, -0.05) is 6.92 Å². The standard InChI is InChI=1S/C11H15F3O3/c1-5-4-17-8-3-6(11(12,13)14)2-7(9(5)8)10(15)16/h5-9H,2-4H2,1H3,(H,15,16). The van der Waals surface area contributed by atoms with E-state index in [-0.39, 0.29) is 24.7 Å². The Labute approximate surface area is 96.9 Å². The number of carboxylic acids is 1. The fraction of sp³-hybridized carbons (Fsp3) is 0.909. The SMILES string of the molecule is CC1COC2CC(C(F)(F)F)CC(C(=O)O)C12. The minimum Gasteiger partial charge on any atom is -0.481 e. The molecule has 1 N–H and O–H groups in total. The first-order valence-electron chi connectivity index (χ1n) is 5.71. The van der Waals surface area contributed by atoms with Crippen LogP contribution in [-0.4, -0.2) is 30.0 Å². The Hall–Kier alpha value is -0.780. The quantitative estimate of drug-likeness (QED) is 0.779. The molecule has 0 bridgehead atoms. The molecule has 3 nitrogen and oxygen atoms in total. The summed E-state index contributed by atoms with van der Waals surface area (Å²) in [6.45, 7) is 2.21. The largest absolute Gasteiger partial charge is 0.481 e. The van der Waals surface area contributed by atoms with Gasteiger partial charge in [0.1, 0.15) is 0 Å². The van der Waals surface area contributed by atoms with E-state index in [0.29, 0.717) is 6.61 Å². The molecule has 1 heterocycles. The molecule has 0 radical (unpaired) electrons. The first kappa shape index (κ1) is 12.7. The zero-order valence-corrected chi connectivity index (χ0v) is 9.41. The zero-order chi connectivity index (χ0) is 12.8. The van der Waals surface area contributed by atoms with Gasteiger partial charge >= 0.3 is 12.1 Å². The third kappa shape index (κ3) is 2.27. The van der Waals surface area contributed by atoms with Gasteiger partial charge in [0, 0.05) is 12.5 Å². The summed E-state index contributed by atoms with van der Waals surface area (Å²) in [4.78, 5) is 11.1. The number of aliphatic carboxylic acids is 1. The highest BCUT2D eigenvalue weighted by Gasteiger charge is 2.54. The molecule has 0 spiro atoms. The number of carbonyl (C=O) groups is 1. The minimum atomic E-state index is -4.33. The van der Waals surface area contributed by atoms with E-state index in [1.807, 2.05) is 6.92 Å². The van der Waals surface area contributed by atoms with Gasteiger partial charge in [-0.3, -0.25) is 4.79 Å². The summed E-state index contributed by atoms with van der Waals surface area (Å²) >= 11 is 0. The smallest absolute Gasteiger partial charge is 0.391 e. The van der Waals surface area contributed by atoms with E-state index >= 15 is 0 Å². The van der Waals surface area contributed by atoms with Gasteiger partial charge in [-0.05, 0) is 18.8 Å². The molecule has 0 aromatic carbocycles. The van der Waals surface area contributed by atoms with Crippen molar-refractivity contribution in [3.05, 3.63) is 0 Å². The molecular formula is C11H15F3O3. The Morgan fingerprint density at radius 1 is 1.35 bits per heavy atom. The van der Waals surface area contributed by atoms with Gasteiger partial charge in [0.15, 0.2) is 0 Å². The normalized spacial score (nSPS) is 42.2. The van der Waals surface area contributed by atoms with Crippen LogP contribution >= 0.6 is 0 Å². The second-order valence-corrected chi connectivity index (χ2v) is 5.08. The predicted molar refractivity (Wildman–Crippen MR) is 52.3 cm³/mol. The van der Waals surface area contributed by atoms with E-state index in [1.54, 1.807) is 0 Å². The van der Waals surface area contributed by atoms with Crippen LogP contribution in [0.3, 0.4) is 0 Å². The van der Waals surface area contributed by atoms with Gasteiger partial charge in [0.2, 0.25) is 0 Å². The number of hydrogen-bond acceptors (Lipinski definition) is 2. The number of fused-ring (bicyclic) bond motifs is 1. The molecule has 5 atom stereocenters. The molecule has 2 aliphatic rings. The van der Waals surface area contributed by atoms with Crippen LogP contribution in [0.2, 0.25) is 0 Å². The van der Waals surface area contributed by atoms with Crippen molar-refractivity contribution in [2.75, 3.05) is 6.61 Å². The molecule has 2 rings (SSSR count). The van der Waals surface area contributed by atoms with Crippen molar-refractivity contribution in [3.63, 3.8) is 0 Å². The lowest BCUT2D eigenvalue weighted by atomic mass is 9.69. The molecule has 1 aliphatic carbocycles. The van der Waals surface area contributed by atoms with Gasteiger partial charge in [0.25, 0.3) is 0 Å². The second-order valence-electron chi connectivity index (χ2n) is 5.08. The summed E-state index contributed by atoms with van der Waals surface area (Å²) in [6, 6.07) is 0. The van der Waals surface area contributed by atoms with Crippen molar-refractivity contribution in [2.45, 2.75) is 32.0 Å². The van der Waals surface area contributed by atoms with Gasteiger partial charge in [-0.2, -0.15) is 13.2 Å². The average molecular weight is 252 g/mol. The molecule has 0 aromatic heterocycles. The summed E-state index contributed by atoms with van der Waals surface area (Å²) in [5.74, 6) is -3.86. The lowest BCUT2D eigenvalue weighted by Gasteiger charge is -2.37. The van der Waals surface area contributed by atoms with E-state index in [0.717, 1.165) is 0 Å². The maximum Gasteiger partial charge on any atom is 0.391 e. The second kappa shape index (κ2) is 4.15. The van der Waals surface area contributed by atoms with Gasteiger partial charge in [0.05, 0.1) is 17.9 Å². The Bertz CT molecular complexity index is 316. The topological polar surface area (TPSA) is 46.5 Å². The minimum absolute atomic E-state index is 0.0234. The van der Waals surface area contributed by atoms with Crippen LogP contribution in [0.5, 0.6) is 0 Å². The highest BCUT2D eigenvalue weighted by atomic mass is 19.4. The average Bonchev–Trinajstić information content (AvgIpc) is 2.58. The number of halogens is 3. The van der Waals surface area contributed by atoms with Crippen LogP contribution in [0, 0.1) is 23.7 Å². The molecule has 98 valence electrons. The summed E-state index contributed by atoms with van der Waals surface area (Å²) in [7, 11) is 0. The van der Waals surface area contributed by atoms with Crippen molar-refractivity contribution < 1.29 is 27.8 Å². The fourth-order valence-corrected chi connectivity index (χ4v) is 3.12. The first-order valence-corrected chi connectivity index (χ1v) is 5.71. The molecule has 1 aliphatic heterocycles. The van der Waals surface area contributed by atoms with Gasteiger partial charge in [-0.15, -0.1) is 0 Å². The van der Waals surface area contributed by atoms with E-state index in [1.165, 1.54) is 0 Å². The highest BCUT2D eigenvalue weighted by molar-refractivity contribution is 5.70. The molecule has 0 aromatic rings. The monoisotopic (exact) mass is 252 g/mol. The first-order chi connectivity index (χ1) is 7.80. The van der Waals surface area contributed by atoms with Crippen LogP contribution in [0.4, 0.5) is 13.2 Å². The number of ether oxygens (including phenoxy) is 1. The fourth-order valence-electron chi connectivity index (χ4n) is 3.12. The van der Waals surface area contributed by atoms with E-state index in [4.69, 9.17) is 9.84 Å². The Morgan fingerprint density at radius 2 is 2.00 bits per heavy atom. The van der Waals surface area contributed by atoms with E-state index in [9.17, 15) is 18.0 Å². The molecule has 1 saturated carbocycles. The van der Waals surface area contributed by atoms with Crippen LogP contribution in [0.1, 0.15) is 19.8 Å². The Morgan fingerprint density at radius 3 is 2.53 bits per heavy atom. The van der Waals surface area contributed by atoms with Crippen LogP contribution < -0.4 is 0 Å². The van der Waals surface area contributed by atoms with Crippen molar-refractivity contribution in [1.29, 1.82) is 0 Å². The van der Waals surface area contributed by atoms with Crippen molar-refractivity contribution in [3.8, 4) is 0 Å². The summed E-state index contributed by atoms with van der Waals surface area (Å²) in [5, 5.41) is 9.06. The number of alkyl halides is 3. The lowest BCUT2D eigenvalue weighted by molar-refractivity contribution is -0.201. The van der Waals surface area contributed by atoms with Crippen LogP contribution in [0.15, 0.2) is 0 Å². The molecular weight excluding hydrogens is 237 g/mol. The predicted octanol–water partition coefficient (Wildman–Crippen LogP) is 2.31. The highest BCUT2D eigenvalue weighted by Crippen LogP contribution is 2.48. The summed E-state index contributed by atoms with van der Waals surface area (Å²) in [5.41, 5.74) is 0. The summed E-state index contributed by atoms with van der Waals surface area (Å²) < 4.78 is 43.4. The Balaban J connectivity index is 2.20. The number of carboxylic acid groups (broad SMARTS) is 1. The molecule has 5 unspecified atom stereocenters. The number of hydrogen-bond donors (Lipinski definition) is 1. The lowest BCUT2D eigenvalue weighted by Crippen LogP contribution is -2.44. The molecule has 1 saturated heterocycles. The third-order valence-corrected chi connectivity index (χ3v) is 3.96.